The maximum atomic E-state index is 2.49. The fraction of sp³-hybridized carbons (Fsp3) is 0. The Balaban J connectivity index is 1.22. The molecule has 1 heteroatoms. The summed E-state index contributed by atoms with van der Waals surface area (Å²) in [6.07, 6.45) is 0. The minimum atomic E-state index is 1.07. The molecule has 0 atom stereocenters. The molecule has 0 aliphatic heterocycles. The van der Waals surface area contributed by atoms with Crippen LogP contribution in [0.5, 0.6) is 0 Å². The topological polar surface area (TPSA) is 3.24 Å². The molecule has 0 saturated heterocycles. The predicted molar refractivity (Wildman–Crippen MR) is 259 cm³/mol. The van der Waals surface area contributed by atoms with Crippen molar-refractivity contribution in [2.24, 2.45) is 0 Å². The Hall–Kier alpha value is -8.00. The van der Waals surface area contributed by atoms with E-state index in [1.807, 2.05) is 0 Å². The third kappa shape index (κ3) is 7.58. The van der Waals surface area contributed by atoms with Crippen LogP contribution in [0.4, 0.5) is 17.1 Å². The first-order chi connectivity index (χ1) is 30.3. The van der Waals surface area contributed by atoms with Gasteiger partial charge in [0.2, 0.25) is 0 Å². The van der Waals surface area contributed by atoms with E-state index in [-0.39, 0.29) is 0 Å². The molecule has 0 unspecified atom stereocenters. The molecule has 0 aromatic heterocycles. The van der Waals surface area contributed by atoms with Gasteiger partial charge in [-0.05, 0) is 91.5 Å². The van der Waals surface area contributed by atoms with Crippen LogP contribution in [-0.2, 0) is 0 Å². The molecule has 61 heavy (non-hydrogen) atoms. The van der Waals surface area contributed by atoms with Crippen LogP contribution in [0.1, 0.15) is 0 Å². The predicted octanol–water partition coefficient (Wildman–Crippen LogP) is 16.8. The zero-order valence-corrected chi connectivity index (χ0v) is 33.8. The van der Waals surface area contributed by atoms with Crippen molar-refractivity contribution in [1.82, 2.24) is 0 Å². The minimum absolute atomic E-state index is 1.07. The van der Waals surface area contributed by atoms with E-state index in [4.69, 9.17) is 0 Å². The zero-order valence-electron chi connectivity index (χ0n) is 33.8. The van der Waals surface area contributed by atoms with Crippen molar-refractivity contribution in [3.05, 3.63) is 261 Å². The summed E-state index contributed by atoms with van der Waals surface area (Å²) < 4.78 is 0. The second-order valence-electron chi connectivity index (χ2n) is 15.2. The Morgan fingerprint density at radius 1 is 0.197 bits per heavy atom. The van der Waals surface area contributed by atoms with Crippen LogP contribution in [-0.4, -0.2) is 0 Å². The summed E-state index contributed by atoms with van der Waals surface area (Å²) in [4.78, 5) is 2.49. The van der Waals surface area contributed by atoms with Crippen molar-refractivity contribution < 1.29 is 0 Å². The quantitative estimate of drug-likeness (QED) is 0.134. The van der Waals surface area contributed by atoms with E-state index in [0.717, 1.165) is 56.0 Å². The van der Waals surface area contributed by atoms with Crippen LogP contribution in [0, 0.1) is 0 Å². The molecule has 0 heterocycles. The molecule has 10 rings (SSSR count). The van der Waals surface area contributed by atoms with Gasteiger partial charge in [0.05, 0.1) is 11.4 Å². The normalized spacial score (nSPS) is 11.0. The largest absolute Gasteiger partial charge is 0.309 e. The van der Waals surface area contributed by atoms with E-state index in [9.17, 15) is 0 Å². The number of benzene rings is 10. The maximum Gasteiger partial charge on any atom is 0.0619 e. The number of hydrogen-bond donors (Lipinski definition) is 0. The van der Waals surface area contributed by atoms with Gasteiger partial charge in [0, 0.05) is 22.4 Å². The lowest BCUT2D eigenvalue weighted by Crippen LogP contribution is -2.14. The maximum absolute atomic E-state index is 2.49. The summed E-state index contributed by atoms with van der Waals surface area (Å²) in [6.45, 7) is 0. The van der Waals surface area contributed by atoms with Crippen molar-refractivity contribution in [3.63, 3.8) is 0 Å². The van der Waals surface area contributed by atoms with Gasteiger partial charge >= 0.3 is 0 Å². The van der Waals surface area contributed by atoms with Gasteiger partial charge in [0.25, 0.3) is 0 Å². The van der Waals surface area contributed by atoms with Crippen molar-refractivity contribution in [1.29, 1.82) is 0 Å². The zero-order chi connectivity index (χ0) is 40.8. The molecule has 0 radical (unpaired) electrons. The van der Waals surface area contributed by atoms with E-state index in [0.29, 0.717) is 0 Å². The average molecular weight is 778 g/mol. The minimum Gasteiger partial charge on any atom is -0.309 e. The second-order valence-corrected chi connectivity index (χ2v) is 15.2. The van der Waals surface area contributed by atoms with E-state index in [1.54, 1.807) is 0 Å². The van der Waals surface area contributed by atoms with E-state index in [2.05, 4.69) is 266 Å². The molecule has 0 aliphatic carbocycles. The average Bonchev–Trinajstić information content (AvgIpc) is 3.36. The van der Waals surface area contributed by atoms with Crippen LogP contribution in [0.25, 0.3) is 77.9 Å². The van der Waals surface area contributed by atoms with Crippen molar-refractivity contribution in [3.8, 4) is 77.9 Å². The highest BCUT2D eigenvalue weighted by Crippen LogP contribution is 2.51. The Kier molecular flexibility index (Phi) is 10.4. The molecule has 288 valence electrons. The lowest BCUT2D eigenvalue weighted by Gasteiger charge is -2.32. The molecule has 10 aromatic carbocycles. The summed E-state index contributed by atoms with van der Waals surface area (Å²) in [5, 5.41) is 0. The molecule has 1 nitrogen and oxygen atoms in total. The lowest BCUT2D eigenvalue weighted by atomic mass is 9.88. The molecule has 0 aliphatic rings. The van der Waals surface area contributed by atoms with E-state index < -0.39 is 0 Å². The van der Waals surface area contributed by atoms with Crippen molar-refractivity contribution >= 4 is 17.1 Å². The fourth-order valence-corrected chi connectivity index (χ4v) is 8.61. The van der Waals surface area contributed by atoms with Gasteiger partial charge < -0.3 is 4.90 Å². The highest BCUT2D eigenvalue weighted by molar-refractivity contribution is 6.02. The molecular weight excluding hydrogens is 735 g/mol. The lowest BCUT2D eigenvalue weighted by molar-refractivity contribution is 1.28. The van der Waals surface area contributed by atoms with Gasteiger partial charge in [-0.1, -0.05) is 231 Å². The fourth-order valence-electron chi connectivity index (χ4n) is 8.61. The third-order valence-corrected chi connectivity index (χ3v) is 11.5. The second kappa shape index (κ2) is 17.1. The Bertz CT molecular complexity index is 2970. The molecule has 0 fully saturated rings. The van der Waals surface area contributed by atoms with Crippen LogP contribution < -0.4 is 4.90 Å². The Morgan fingerprint density at radius 3 is 0.951 bits per heavy atom. The van der Waals surface area contributed by atoms with Crippen LogP contribution in [0.2, 0.25) is 0 Å². The molecule has 0 spiro atoms. The monoisotopic (exact) mass is 777 g/mol. The van der Waals surface area contributed by atoms with Crippen molar-refractivity contribution in [2.45, 2.75) is 0 Å². The van der Waals surface area contributed by atoms with Gasteiger partial charge in [0.1, 0.15) is 0 Å². The van der Waals surface area contributed by atoms with E-state index >= 15 is 0 Å². The van der Waals surface area contributed by atoms with Gasteiger partial charge in [-0.15, -0.1) is 0 Å². The van der Waals surface area contributed by atoms with Crippen LogP contribution in [0.15, 0.2) is 261 Å². The first-order valence-electron chi connectivity index (χ1n) is 20.9. The summed E-state index contributed by atoms with van der Waals surface area (Å²) in [7, 11) is 0. The highest BCUT2D eigenvalue weighted by atomic mass is 15.1. The Labute approximate surface area is 359 Å². The third-order valence-electron chi connectivity index (χ3n) is 11.5. The number of hydrogen-bond acceptors (Lipinski definition) is 1. The molecule has 0 bridgehead atoms. The molecule has 0 N–H and O–H groups in total. The van der Waals surface area contributed by atoms with Crippen molar-refractivity contribution in [2.75, 3.05) is 4.90 Å². The summed E-state index contributed by atoms with van der Waals surface area (Å²) >= 11 is 0. The summed E-state index contributed by atoms with van der Waals surface area (Å²) in [5.74, 6) is 0. The standard InChI is InChI=1S/C60H43N/c1-6-22-44(23-7-1)50-42-57(47-28-12-4-13-29-47)60(58(43-50)48-30-14-5-15-31-48)61(59-37-21-20-34-54(59)46-26-10-3-11-27-46)51-40-38-49(39-41-51)53-33-17-19-36-56(53)55-35-18-16-32-52(55)45-24-8-2-9-25-45/h1-43H. The molecule has 0 saturated carbocycles. The highest BCUT2D eigenvalue weighted by Gasteiger charge is 2.25. The van der Waals surface area contributed by atoms with Crippen LogP contribution in [0.3, 0.4) is 0 Å². The number of para-hydroxylation sites is 1. The number of rotatable bonds is 10. The smallest absolute Gasteiger partial charge is 0.0619 e. The molecule has 0 amide bonds. The summed E-state index contributed by atoms with van der Waals surface area (Å²) in [6, 6.07) is 94.1. The van der Waals surface area contributed by atoms with Gasteiger partial charge in [-0.2, -0.15) is 0 Å². The SMILES string of the molecule is c1ccc(-c2cc(-c3ccccc3)c(N(c3ccc(-c4ccccc4-c4ccccc4-c4ccccc4)cc3)c3ccccc3-c3ccccc3)c(-c3ccccc3)c2)cc1. The number of anilines is 3. The van der Waals surface area contributed by atoms with Gasteiger partial charge in [0.15, 0.2) is 0 Å². The summed E-state index contributed by atoms with van der Waals surface area (Å²) in [5.41, 5.74) is 19.7. The molecule has 10 aromatic rings. The van der Waals surface area contributed by atoms with Crippen LogP contribution >= 0.6 is 0 Å². The van der Waals surface area contributed by atoms with Gasteiger partial charge in [-0.3, -0.25) is 0 Å². The first kappa shape index (κ1) is 37.3. The molecular formula is C60H43N. The van der Waals surface area contributed by atoms with E-state index in [1.165, 1.54) is 38.9 Å². The number of nitrogens with zero attached hydrogens (tertiary/aromatic N) is 1. The first-order valence-corrected chi connectivity index (χ1v) is 20.9. The Morgan fingerprint density at radius 2 is 0.508 bits per heavy atom. The van der Waals surface area contributed by atoms with Gasteiger partial charge in [-0.25, -0.2) is 0 Å².